The SMILES string of the molecule is C=C/C=C/[Te]CCCC. The molecule has 52 valence electrons. The topological polar surface area (TPSA) is 0 Å². The van der Waals surface area contributed by atoms with Gasteiger partial charge in [0.05, 0.1) is 0 Å². The molecule has 0 nitrogen and oxygen atoms in total. The molecule has 0 unspecified atom stereocenters. The molecule has 0 aromatic carbocycles. The molecule has 0 aromatic heterocycles. The van der Waals surface area contributed by atoms with E-state index in [1.54, 1.807) is 0 Å². The molecule has 0 atom stereocenters. The van der Waals surface area contributed by atoms with Crippen LogP contribution in [0.15, 0.2) is 22.9 Å². The van der Waals surface area contributed by atoms with Crippen molar-refractivity contribution < 1.29 is 0 Å². The summed E-state index contributed by atoms with van der Waals surface area (Å²) in [6.45, 7) is 5.85. The zero-order chi connectivity index (χ0) is 6.95. The van der Waals surface area contributed by atoms with Crippen molar-refractivity contribution in [1.29, 1.82) is 0 Å². The van der Waals surface area contributed by atoms with Crippen molar-refractivity contribution in [2.45, 2.75) is 24.2 Å². The van der Waals surface area contributed by atoms with E-state index in [0.717, 1.165) is 0 Å². The van der Waals surface area contributed by atoms with Gasteiger partial charge in [-0.2, -0.15) is 0 Å². The van der Waals surface area contributed by atoms with E-state index in [0.29, 0.717) is 0 Å². The van der Waals surface area contributed by atoms with E-state index in [-0.39, 0.29) is 20.9 Å². The Hall–Kier alpha value is 0.270. The van der Waals surface area contributed by atoms with Crippen LogP contribution in [0.1, 0.15) is 19.8 Å². The fourth-order valence-corrected chi connectivity index (χ4v) is 2.73. The Kier molecular flexibility index (Phi) is 8.52. The summed E-state index contributed by atoms with van der Waals surface area (Å²) in [5.74, 6) is 0. The normalized spacial score (nSPS) is 10.3. The molecule has 0 aliphatic rings. The van der Waals surface area contributed by atoms with Crippen molar-refractivity contribution in [1.82, 2.24) is 0 Å². The molecule has 0 N–H and O–H groups in total. The van der Waals surface area contributed by atoms with Crippen LogP contribution in [0.4, 0.5) is 0 Å². The number of rotatable bonds is 5. The minimum absolute atomic E-state index is 0.206. The number of unbranched alkanes of at least 4 members (excludes halogenated alkanes) is 1. The Morgan fingerprint density at radius 3 is 2.89 bits per heavy atom. The second-order valence-electron chi connectivity index (χ2n) is 1.79. The summed E-state index contributed by atoms with van der Waals surface area (Å²) in [5, 5.41) is 0. The molecule has 0 rings (SSSR count). The average molecular weight is 238 g/mol. The molecule has 0 saturated carbocycles. The van der Waals surface area contributed by atoms with Gasteiger partial charge in [0.15, 0.2) is 0 Å². The summed E-state index contributed by atoms with van der Waals surface area (Å²) in [5.41, 5.74) is 0. The Bertz CT molecular complexity index is 84.6. The van der Waals surface area contributed by atoms with E-state index >= 15 is 0 Å². The predicted octanol–water partition coefficient (Wildman–Crippen LogP) is 2.61. The van der Waals surface area contributed by atoms with Crippen molar-refractivity contribution in [3.63, 3.8) is 0 Å². The third-order valence-corrected chi connectivity index (χ3v) is 3.42. The van der Waals surface area contributed by atoms with Crippen LogP contribution >= 0.6 is 0 Å². The fourth-order valence-electron chi connectivity index (χ4n) is 0.407. The summed E-state index contributed by atoms with van der Waals surface area (Å²) in [6.07, 6.45) is 6.67. The van der Waals surface area contributed by atoms with Crippen molar-refractivity contribution >= 4 is 20.9 Å². The summed E-state index contributed by atoms with van der Waals surface area (Å²) >= 11 is 0.206. The van der Waals surface area contributed by atoms with Crippen LogP contribution in [0, 0.1) is 0 Å². The molecule has 0 aliphatic carbocycles. The first-order chi connectivity index (χ1) is 4.41. The molecule has 0 heterocycles. The maximum atomic E-state index is 3.61. The van der Waals surface area contributed by atoms with Crippen LogP contribution in [0.3, 0.4) is 0 Å². The number of allylic oxidation sites excluding steroid dienone is 2. The molecular formula is C8H14Te. The second kappa shape index (κ2) is 8.27. The average Bonchev–Trinajstić information content (AvgIpc) is 1.89. The summed E-state index contributed by atoms with van der Waals surface area (Å²) < 4.78 is 3.75. The van der Waals surface area contributed by atoms with E-state index in [2.05, 4.69) is 23.7 Å². The van der Waals surface area contributed by atoms with E-state index in [1.165, 1.54) is 17.3 Å². The minimum atomic E-state index is 0.206. The van der Waals surface area contributed by atoms with E-state index < -0.39 is 0 Å². The van der Waals surface area contributed by atoms with Gasteiger partial charge in [-0.25, -0.2) is 0 Å². The van der Waals surface area contributed by atoms with Gasteiger partial charge in [0, 0.05) is 0 Å². The number of hydrogen-bond donors (Lipinski definition) is 0. The van der Waals surface area contributed by atoms with Crippen LogP contribution in [0.2, 0.25) is 4.47 Å². The Balaban J connectivity index is 2.90. The van der Waals surface area contributed by atoms with Gasteiger partial charge in [-0.3, -0.25) is 0 Å². The maximum absolute atomic E-state index is 3.61. The quantitative estimate of drug-likeness (QED) is 0.392. The molecule has 1 heteroatoms. The first-order valence-electron chi connectivity index (χ1n) is 3.31. The van der Waals surface area contributed by atoms with E-state index in [1.807, 2.05) is 6.08 Å². The van der Waals surface area contributed by atoms with Gasteiger partial charge in [-0.15, -0.1) is 0 Å². The standard InChI is InChI=1S/C8H14Te/c1-3-5-7-9-8-6-4-2/h3,5,7H,1,4,6,8H2,2H3/b7-5+. The molecule has 9 heavy (non-hydrogen) atoms. The molecular weight excluding hydrogens is 224 g/mol. The first kappa shape index (κ1) is 9.27. The molecule has 0 aromatic rings. The third kappa shape index (κ3) is 8.27. The van der Waals surface area contributed by atoms with Gasteiger partial charge in [0.1, 0.15) is 0 Å². The third-order valence-electron chi connectivity index (χ3n) is 0.927. The fraction of sp³-hybridized carbons (Fsp3) is 0.500. The molecule has 0 aliphatic heterocycles. The molecule has 0 amide bonds. The zero-order valence-corrected chi connectivity index (χ0v) is 8.30. The summed E-state index contributed by atoms with van der Waals surface area (Å²) in [6, 6.07) is 0. The second-order valence-corrected chi connectivity index (χ2v) is 4.68. The van der Waals surface area contributed by atoms with Gasteiger partial charge in [-0.1, -0.05) is 0 Å². The Labute approximate surface area is 68.1 Å². The van der Waals surface area contributed by atoms with Crippen LogP contribution in [-0.4, -0.2) is 20.9 Å². The summed E-state index contributed by atoms with van der Waals surface area (Å²) in [4.78, 5) is 0. The van der Waals surface area contributed by atoms with Crippen molar-refractivity contribution in [3.8, 4) is 0 Å². The molecule has 0 spiro atoms. The predicted molar refractivity (Wildman–Crippen MR) is 44.8 cm³/mol. The van der Waals surface area contributed by atoms with Gasteiger partial charge >= 0.3 is 68.0 Å². The van der Waals surface area contributed by atoms with E-state index in [9.17, 15) is 0 Å². The van der Waals surface area contributed by atoms with Gasteiger partial charge in [0.2, 0.25) is 0 Å². The van der Waals surface area contributed by atoms with Crippen LogP contribution in [-0.2, 0) is 0 Å². The molecule has 0 saturated heterocycles. The van der Waals surface area contributed by atoms with Crippen molar-refractivity contribution in [2.24, 2.45) is 0 Å². The monoisotopic (exact) mass is 240 g/mol. The van der Waals surface area contributed by atoms with Crippen LogP contribution in [0.5, 0.6) is 0 Å². The Morgan fingerprint density at radius 1 is 1.56 bits per heavy atom. The Morgan fingerprint density at radius 2 is 2.33 bits per heavy atom. The van der Waals surface area contributed by atoms with Crippen molar-refractivity contribution in [3.05, 3.63) is 22.9 Å². The first-order valence-corrected chi connectivity index (χ1v) is 6.30. The zero-order valence-electron chi connectivity index (χ0n) is 5.97. The summed E-state index contributed by atoms with van der Waals surface area (Å²) in [7, 11) is 0. The van der Waals surface area contributed by atoms with Crippen LogP contribution < -0.4 is 0 Å². The van der Waals surface area contributed by atoms with Gasteiger partial charge < -0.3 is 0 Å². The molecule has 0 radical (unpaired) electrons. The van der Waals surface area contributed by atoms with E-state index in [4.69, 9.17) is 0 Å². The molecule has 0 fully saturated rings. The number of hydrogen-bond acceptors (Lipinski definition) is 0. The van der Waals surface area contributed by atoms with Crippen LogP contribution in [0.25, 0.3) is 0 Å². The van der Waals surface area contributed by atoms with Gasteiger partial charge in [-0.05, 0) is 0 Å². The van der Waals surface area contributed by atoms with Crippen molar-refractivity contribution in [2.75, 3.05) is 0 Å². The van der Waals surface area contributed by atoms with Gasteiger partial charge in [0.25, 0.3) is 0 Å². The molecule has 0 bridgehead atoms.